The highest BCUT2D eigenvalue weighted by molar-refractivity contribution is 5.36. The van der Waals surface area contributed by atoms with Crippen LogP contribution in [0.25, 0.3) is 0 Å². The molecule has 0 unspecified atom stereocenters. The summed E-state index contributed by atoms with van der Waals surface area (Å²) in [5.74, 6) is 6.33. The Hall–Kier alpha value is -1.42. The molecule has 1 aromatic rings. The van der Waals surface area contributed by atoms with E-state index in [4.69, 9.17) is 5.11 Å². The fourth-order valence-electron chi connectivity index (χ4n) is 1.26. The molecule has 0 fully saturated rings. The molecular weight excluding hydrogens is 160 g/mol. The summed E-state index contributed by atoms with van der Waals surface area (Å²) in [5.41, 5.74) is 0.988. The largest absolute Gasteiger partial charge is 0.508 e. The van der Waals surface area contributed by atoms with Crippen LogP contribution in [-0.4, -0.2) is 5.11 Å². The molecule has 0 heterocycles. The van der Waals surface area contributed by atoms with E-state index in [2.05, 4.69) is 25.7 Å². The molecule has 0 radical (unpaired) electrons. The van der Waals surface area contributed by atoms with Gasteiger partial charge in [-0.3, -0.25) is 0 Å². The number of rotatable bonds is 1. The number of phenols is 1. The van der Waals surface area contributed by atoms with E-state index in [1.807, 2.05) is 19.1 Å². The molecule has 0 saturated carbocycles. The summed E-state index contributed by atoms with van der Waals surface area (Å²) in [5, 5.41) is 9.12. The number of phenolic OH excluding ortho intramolecular Hbond substituents is 1. The predicted molar refractivity (Wildman–Crippen MR) is 54.6 cm³/mol. The smallest absolute Gasteiger partial charge is 0.115 e. The molecule has 68 valence electrons. The van der Waals surface area contributed by atoms with Crippen molar-refractivity contribution in [2.24, 2.45) is 0 Å². The molecular formula is C12H14O. The van der Waals surface area contributed by atoms with E-state index in [1.165, 1.54) is 0 Å². The molecule has 0 saturated heterocycles. The highest BCUT2D eigenvalue weighted by Crippen LogP contribution is 2.23. The quantitative estimate of drug-likeness (QED) is 0.649. The average Bonchev–Trinajstić information content (AvgIpc) is 2.05. The van der Waals surface area contributed by atoms with Gasteiger partial charge in [-0.05, 0) is 38.5 Å². The lowest BCUT2D eigenvalue weighted by Crippen LogP contribution is -2.13. The van der Waals surface area contributed by atoms with Crippen molar-refractivity contribution >= 4 is 0 Å². The third-order valence-electron chi connectivity index (χ3n) is 2.03. The minimum absolute atomic E-state index is 0.136. The Labute approximate surface area is 79.4 Å². The van der Waals surface area contributed by atoms with Gasteiger partial charge in [-0.1, -0.05) is 18.1 Å². The molecule has 0 aromatic heterocycles. The molecule has 13 heavy (non-hydrogen) atoms. The zero-order valence-corrected chi connectivity index (χ0v) is 8.26. The van der Waals surface area contributed by atoms with Crippen LogP contribution in [-0.2, 0) is 5.41 Å². The third kappa shape index (κ3) is 2.26. The van der Waals surface area contributed by atoms with Gasteiger partial charge in [0.25, 0.3) is 0 Å². The number of hydrogen-bond donors (Lipinski definition) is 1. The fourth-order valence-corrected chi connectivity index (χ4v) is 1.26. The number of benzene rings is 1. The minimum atomic E-state index is -0.136. The van der Waals surface area contributed by atoms with Crippen molar-refractivity contribution in [1.29, 1.82) is 0 Å². The van der Waals surface area contributed by atoms with E-state index in [9.17, 15) is 0 Å². The maximum absolute atomic E-state index is 9.12. The van der Waals surface area contributed by atoms with Gasteiger partial charge in [0.05, 0.1) is 5.41 Å². The molecule has 0 bridgehead atoms. The highest BCUT2D eigenvalue weighted by atomic mass is 16.3. The molecule has 0 spiro atoms. The van der Waals surface area contributed by atoms with E-state index >= 15 is 0 Å². The summed E-state index contributed by atoms with van der Waals surface area (Å²) in [6.07, 6.45) is 0. The lowest BCUT2D eigenvalue weighted by atomic mass is 9.85. The predicted octanol–water partition coefficient (Wildman–Crippen LogP) is 2.69. The first-order valence-electron chi connectivity index (χ1n) is 4.29. The second-order valence-corrected chi connectivity index (χ2v) is 3.55. The first-order chi connectivity index (χ1) is 6.06. The van der Waals surface area contributed by atoms with Crippen LogP contribution in [0.4, 0.5) is 0 Å². The average molecular weight is 174 g/mol. The van der Waals surface area contributed by atoms with Gasteiger partial charge in [0.2, 0.25) is 0 Å². The standard InChI is InChI=1S/C12H14O/c1-4-9-12(2,3)10-5-7-11(13)8-6-10/h5-8,13H,1-3H3. The summed E-state index contributed by atoms with van der Waals surface area (Å²) in [6, 6.07) is 7.18. The van der Waals surface area contributed by atoms with Gasteiger partial charge in [0.15, 0.2) is 0 Å². The lowest BCUT2D eigenvalue weighted by Gasteiger charge is -2.17. The Bertz CT molecular complexity index is 336. The molecule has 0 aliphatic carbocycles. The van der Waals surface area contributed by atoms with Crippen molar-refractivity contribution in [3.8, 4) is 17.6 Å². The van der Waals surface area contributed by atoms with Crippen molar-refractivity contribution in [3.63, 3.8) is 0 Å². The number of aromatic hydroxyl groups is 1. The third-order valence-corrected chi connectivity index (χ3v) is 2.03. The zero-order valence-electron chi connectivity index (χ0n) is 8.26. The van der Waals surface area contributed by atoms with Gasteiger partial charge in [-0.25, -0.2) is 0 Å². The maximum Gasteiger partial charge on any atom is 0.115 e. The van der Waals surface area contributed by atoms with E-state index < -0.39 is 0 Å². The molecule has 0 aliphatic heterocycles. The van der Waals surface area contributed by atoms with Crippen LogP contribution in [0.3, 0.4) is 0 Å². The van der Waals surface area contributed by atoms with Gasteiger partial charge < -0.3 is 5.11 Å². The molecule has 1 N–H and O–H groups in total. The first kappa shape index (κ1) is 9.67. The van der Waals surface area contributed by atoms with Crippen molar-refractivity contribution < 1.29 is 5.11 Å². The molecule has 1 aromatic carbocycles. The molecule has 1 rings (SSSR count). The van der Waals surface area contributed by atoms with Crippen molar-refractivity contribution in [2.45, 2.75) is 26.2 Å². The van der Waals surface area contributed by atoms with Crippen LogP contribution in [0.5, 0.6) is 5.75 Å². The van der Waals surface area contributed by atoms with Gasteiger partial charge in [-0.15, -0.1) is 5.92 Å². The van der Waals surface area contributed by atoms with Crippen molar-refractivity contribution in [3.05, 3.63) is 29.8 Å². The SMILES string of the molecule is CC#CC(C)(C)c1ccc(O)cc1. The van der Waals surface area contributed by atoms with Gasteiger partial charge >= 0.3 is 0 Å². The minimum Gasteiger partial charge on any atom is -0.508 e. The zero-order chi connectivity index (χ0) is 9.90. The van der Waals surface area contributed by atoms with E-state index in [0.717, 1.165) is 5.56 Å². The van der Waals surface area contributed by atoms with Crippen LogP contribution in [0, 0.1) is 11.8 Å². The summed E-state index contributed by atoms with van der Waals surface area (Å²) < 4.78 is 0. The van der Waals surface area contributed by atoms with Crippen molar-refractivity contribution in [1.82, 2.24) is 0 Å². The van der Waals surface area contributed by atoms with Crippen LogP contribution < -0.4 is 0 Å². The maximum atomic E-state index is 9.12. The molecule has 1 heteroatoms. The summed E-state index contributed by atoms with van der Waals surface area (Å²) >= 11 is 0. The Morgan fingerprint density at radius 3 is 2.15 bits per heavy atom. The Balaban J connectivity index is 3.05. The molecule has 1 nitrogen and oxygen atoms in total. The monoisotopic (exact) mass is 174 g/mol. The Kier molecular flexibility index (Phi) is 2.63. The summed E-state index contributed by atoms with van der Waals surface area (Å²) in [6.45, 7) is 5.97. The second kappa shape index (κ2) is 3.53. The lowest BCUT2D eigenvalue weighted by molar-refractivity contribution is 0.474. The second-order valence-electron chi connectivity index (χ2n) is 3.55. The fraction of sp³-hybridized carbons (Fsp3) is 0.333. The van der Waals surface area contributed by atoms with Crippen LogP contribution in [0.2, 0.25) is 0 Å². The van der Waals surface area contributed by atoms with E-state index in [-0.39, 0.29) is 5.41 Å². The van der Waals surface area contributed by atoms with E-state index in [1.54, 1.807) is 12.1 Å². The summed E-state index contributed by atoms with van der Waals surface area (Å²) in [4.78, 5) is 0. The summed E-state index contributed by atoms with van der Waals surface area (Å²) in [7, 11) is 0. The van der Waals surface area contributed by atoms with Crippen LogP contribution in [0.1, 0.15) is 26.3 Å². The molecule has 0 atom stereocenters. The van der Waals surface area contributed by atoms with Crippen molar-refractivity contribution in [2.75, 3.05) is 0 Å². The highest BCUT2D eigenvalue weighted by Gasteiger charge is 2.16. The van der Waals surface area contributed by atoms with Gasteiger partial charge in [0, 0.05) is 0 Å². The molecule has 0 amide bonds. The topological polar surface area (TPSA) is 20.2 Å². The normalized spacial score (nSPS) is 10.4. The van der Waals surface area contributed by atoms with E-state index in [0.29, 0.717) is 5.75 Å². The molecule has 0 aliphatic rings. The Morgan fingerprint density at radius 2 is 1.69 bits per heavy atom. The number of hydrogen-bond acceptors (Lipinski definition) is 1. The van der Waals surface area contributed by atoms with Crippen LogP contribution >= 0.6 is 0 Å². The first-order valence-corrected chi connectivity index (χ1v) is 4.29. The van der Waals surface area contributed by atoms with Gasteiger partial charge in [0.1, 0.15) is 5.75 Å². The van der Waals surface area contributed by atoms with Gasteiger partial charge in [-0.2, -0.15) is 0 Å². The Morgan fingerprint density at radius 1 is 1.15 bits per heavy atom. The van der Waals surface area contributed by atoms with Crippen LogP contribution in [0.15, 0.2) is 24.3 Å².